The molecule has 11 heteroatoms. The quantitative estimate of drug-likeness (QED) is 0.148. The van der Waals surface area contributed by atoms with Crippen LogP contribution in [-0.2, 0) is 25.7 Å². The summed E-state index contributed by atoms with van der Waals surface area (Å²) in [5.41, 5.74) is 0.908. The Labute approximate surface area is 206 Å². The number of hydrogen-bond acceptors (Lipinski definition) is 7. The Morgan fingerprint density at radius 3 is 2.03 bits per heavy atom. The van der Waals surface area contributed by atoms with Gasteiger partial charge in [0.05, 0.1) is 0 Å². The maximum Gasteiger partial charge on any atom is 0.407 e. The van der Waals surface area contributed by atoms with E-state index in [1.807, 2.05) is 30.3 Å². The second kappa shape index (κ2) is 18.2. The highest BCUT2D eigenvalue weighted by Crippen LogP contribution is 2.03. The number of ether oxygens (including phenoxy) is 1. The van der Waals surface area contributed by atoms with Crippen molar-refractivity contribution in [3.63, 3.8) is 0 Å². The van der Waals surface area contributed by atoms with Gasteiger partial charge in [0.2, 0.25) is 17.7 Å². The van der Waals surface area contributed by atoms with Crippen molar-refractivity contribution in [2.24, 2.45) is 0 Å². The van der Waals surface area contributed by atoms with E-state index in [2.05, 4.69) is 10.6 Å². The summed E-state index contributed by atoms with van der Waals surface area (Å²) in [6.45, 7) is 2.76. The van der Waals surface area contributed by atoms with E-state index in [1.54, 1.807) is 0 Å². The summed E-state index contributed by atoms with van der Waals surface area (Å²) >= 11 is 0. The predicted octanol–water partition coefficient (Wildman–Crippen LogP) is 2.61. The Hall–Kier alpha value is -3.18. The SMILES string of the molecule is CC(=O)N(O)CCCCCNC(=O)CCC(=O)N(O)CCCCCNC(=O)OCc1ccccc1. The van der Waals surface area contributed by atoms with Gasteiger partial charge in [0.1, 0.15) is 6.61 Å². The Morgan fingerprint density at radius 1 is 0.800 bits per heavy atom. The Balaban J connectivity index is 1.98. The van der Waals surface area contributed by atoms with Crippen molar-refractivity contribution >= 4 is 23.8 Å². The number of alkyl carbamates (subject to hydrolysis) is 1. The number of rotatable bonds is 17. The van der Waals surface area contributed by atoms with Gasteiger partial charge in [-0.15, -0.1) is 0 Å². The van der Waals surface area contributed by atoms with Crippen molar-refractivity contribution in [1.29, 1.82) is 0 Å². The minimum atomic E-state index is -0.518. The average Bonchev–Trinajstić information content (AvgIpc) is 2.85. The van der Waals surface area contributed by atoms with Gasteiger partial charge in [-0.2, -0.15) is 0 Å². The van der Waals surface area contributed by atoms with Crippen LogP contribution in [0, 0.1) is 0 Å². The maximum atomic E-state index is 11.9. The normalized spacial score (nSPS) is 10.4. The van der Waals surface area contributed by atoms with E-state index < -0.39 is 17.9 Å². The van der Waals surface area contributed by atoms with E-state index in [9.17, 15) is 29.6 Å². The van der Waals surface area contributed by atoms with Crippen LogP contribution in [-0.4, -0.2) is 70.5 Å². The summed E-state index contributed by atoms with van der Waals surface area (Å²) in [6.07, 6.45) is 3.39. The van der Waals surface area contributed by atoms with Crippen molar-refractivity contribution < 1.29 is 34.3 Å². The van der Waals surface area contributed by atoms with E-state index in [0.717, 1.165) is 12.0 Å². The molecule has 1 aromatic rings. The molecule has 0 aliphatic carbocycles. The standard InChI is InChI=1S/C24H38N4O7/c1-20(29)27(33)17-9-3-7-15-25-22(30)13-14-23(31)28(34)18-10-4-8-16-26-24(32)35-19-21-11-5-2-6-12-21/h2,5-6,11-12,33-34H,3-4,7-10,13-19H2,1H3,(H,25,30)(H,26,32). The largest absolute Gasteiger partial charge is 0.445 e. The topological polar surface area (TPSA) is 149 Å². The first kappa shape index (κ1) is 29.9. The van der Waals surface area contributed by atoms with Gasteiger partial charge in [-0.05, 0) is 44.1 Å². The molecule has 1 aromatic carbocycles. The van der Waals surface area contributed by atoms with Gasteiger partial charge in [0.25, 0.3) is 0 Å². The molecule has 0 atom stereocenters. The lowest BCUT2D eigenvalue weighted by Gasteiger charge is -2.15. The van der Waals surface area contributed by atoms with Crippen LogP contribution in [0.1, 0.15) is 63.9 Å². The molecular weight excluding hydrogens is 456 g/mol. The second-order valence-corrected chi connectivity index (χ2v) is 8.12. The molecule has 196 valence electrons. The molecule has 11 nitrogen and oxygen atoms in total. The molecule has 4 amide bonds. The van der Waals surface area contributed by atoms with Gasteiger partial charge in [-0.1, -0.05) is 30.3 Å². The Kier molecular flexibility index (Phi) is 15.5. The lowest BCUT2D eigenvalue weighted by atomic mass is 10.2. The average molecular weight is 495 g/mol. The summed E-state index contributed by atoms with van der Waals surface area (Å²) in [5, 5.41) is 25.7. The number of hydroxylamine groups is 4. The van der Waals surface area contributed by atoms with Crippen molar-refractivity contribution in [3.05, 3.63) is 35.9 Å². The molecule has 0 aromatic heterocycles. The van der Waals surface area contributed by atoms with Gasteiger partial charge >= 0.3 is 6.09 Å². The zero-order valence-electron chi connectivity index (χ0n) is 20.4. The van der Waals surface area contributed by atoms with E-state index in [0.29, 0.717) is 55.3 Å². The minimum absolute atomic E-state index is 0.0142. The molecule has 0 radical (unpaired) electrons. The number of unbranched alkanes of at least 4 members (excludes halogenated alkanes) is 4. The van der Waals surface area contributed by atoms with E-state index in [1.165, 1.54) is 6.92 Å². The molecule has 0 unspecified atom stereocenters. The predicted molar refractivity (Wildman–Crippen MR) is 127 cm³/mol. The van der Waals surface area contributed by atoms with Crippen molar-refractivity contribution in [1.82, 2.24) is 20.8 Å². The fourth-order valence-electron chi connectivity index (χ4n) is 3.04. The molecule has 1 rings (SSSR count). The fraction of sp³-hybridized carbons (Fsp3) is 0.583. The molecule has 0 spiro atoms. The Bertz CT molecular complexity index is 776. The van der Waals surface area contributed by atoms with Crippen LogP contribution < -0.4 is 10.6 Å². The molecule has 0 fully saturated rings. The number of amides is 4. The fourth-order valence-corrected chi connectivity index (χ4v) is 3.04. The number of carbonyl (C=O) groups is 4. The summed E-state index contributed by atoms with van der Waals surface area (Å²) in [5.74, 6) is -1.20. The van der Waals surface area contributed by atoms with E-state index in [-0.39, 0.29) is 38.4 Å². The monoisotopic (exact) mass is 494 g/mol. The molecule has 0 saturated carbocycles. The minimum Gasteiger partial charge on any atom is -0.445 e. The lowest BCUT2D eigenvalue weighted by Crippen LogP contribution is -2.31. The van der Waals surface area contributed by atoms with Crippen LogP contribution in [0.4, 0.5) is 4.79 Å². The Morgan fingerprint density at radius 2 is 1.40 bits per heavy atom. The number of benzene rings is 1. The van der Waals surface area contributed by atoms with Crippen molar-refractivity contribution in [2.75, 3.05) is 26.2 Å². The summed E-state index contributed by atoms with van der Waals surface area (Å²) in [7, 11) is 0. The first-order valence-corrected chi connectivity index (χ1v) is 12.0. The third-order valence-electron chi connectivity index (χ3n) is 5.11. The van der Waals surface area contributed by atoms with Crippen molar-refractivity contribution in [3.8, 4) is 0 Å². The summed E-state index contributed by atoms with van der Waals surface area (Å²) in [4.78, 5) is 46.3. The summed E-state index contributed by atoms with van der Waals surface area (Å²) < 4.78 is 5.11. The van der Waals surface area contributed by atoms with Gasteiger partial charge in [0, 0.05) is 45.9 Å². The first-order chi connectivity index (χ1) is 16.8. The third-order valence-corrected chi connectivity index (χ3v) is 5.11. The first-order valence-electron chi connectivity index (χ1n) is 12.0. The van der Waals surface area contributed by atoms with Crippen LogP contribution in [0.5, 0.6) is 0 Å². The van der Waals surface area contributed by atoms with E-state index >= 15 is 0 Å². The van der Waals surface area contributed by atoms with Crippen molar-refractivity contribution in [2.45, 2.75) is 64.9 Å². The molecular formula is C24H38N4O7. The molecule has 0 heterocycles. The van der Waals surface area contributed by atoms with E-state index in [4.69, 9.17) is 4.74 Å². The van der Waals surface area contributed by atoms with Gasteiger partial charge < -0.3 is 15.4 Å². The van der Waals surface area contributed by atoms with Gasteiger partial charge in [-0.25, -0.2) is 14.9 Å². The number of nitrogens with one attached hydrogen (secondary N) is 2. The van der Waals surface area contributed by atoms with Gasteiger partial charge in [-0.3, -0.25) is 24.8 Å². The number of carbonyl (C=O) groups excluding carboxylic acids is 4. The molecule has 0 aliphatic heterocycles. The lowest BCUT2D eigenvalue weighted by molar-refractivity contribution is -0.166. The van der Waals surface area contributed by atoms with Crippen LogP contribution in [0.2, 0.25) is 0 Å². The van der Waals surface area contributed by atoms with Crippen LogP contribution in [0.15, 0.2) is 30.3 Å². The zero-order chi connectivity index (χ0) is 25.9. The smallest absolute Gasteiger partial charge is 0.407 e. The van der Waals surface area contributed by atoms with Crippen LogP contribution in [0.25, 0.3) is 0 Å². The maximum absolute atomic E-state index is 11.9. The number of hydrogen-bond donors (Lipinski definition) is 4. The highest BCUT2D eigenvalue weighted by molar-refractivity contribution is 5.83. The molecule has 0 bridgehead atoms. The highest BCUT2D eigenvalue weighted by Gasteiger charge is 2.13. The third kappa shape index (κ3) is 15.4. The molecule has 0 saturated heterocycles. The van der Waals surface area contributed by atoms with Crippen LogP contribution >= 0.6 is 0 Å². The zero-order valence-corrected chi connectivity index (χ0v) is 20.4. The number of nitrogens with zero attached hydrogens (tertiary/aromatic N) is 2. The molecule has 4 N–H and O–H groups in total. The molecule has 35 heavy (non-hydrogen) atoms. The molecule has 0 aliphatic rings. The van der Waals surface area contributed by atoms with Crippen LogP contribution in [0.3, 0.4) is 0 Å². The van der Waals surface area contributed by atoms with Gasteiger partial charge in [0.15, 0.2) is 0 Å². The summed E-state index contributed by atoms with van der Waals surface area (Å²) in [6, 6.07) is 9.37. The second-order valence-electron chi connectivity index (χ2n) is 8.12. The highest BCUT2D eigenvalue weighted by atomic mass is 16.5.